The fraction of sp³-hybridized carbons (Fsp3) is 0.235. The van der Waals surface area contributed by atoms with Crippen molar-refractivity contribution in [2.45, 2.75) is 19.1 Å². The lowest BCUT2D eigenvalue weighted by molar-refractivity contribution is 0.136. The van der Waals surface area contributed by atoms with Crippen LogP contribution in [0.3, 0.4) is 0 Å². The van der Waals surface area contributed by atoms with Crippen LogP contribution in [-0.4, -0.2) is 26.3 Å². The van der Waals surface area contributed by atoms with Crippen LogP contribution in [0.1, 0.15) is 11.1 Å². The molecule has 0 fully saturated rings. The van der Waals surface area contributed by atoms with Gasteiger partial charge in [-0.3, -0.25) is 0 Å². The van der Waals surface area contributed by atoms with Gasteiger partial charge in [-0.1, -0.05) is 60.7 Å². The van der Waals surface area contributed by atoms with Gasteiger partial charge in [-0.25, -0.2) is 18.4 Å². The van der Waals surface area contributed by atoms with Crippen molar-refractivity contribution in [2.75, 3.05) is 5.75 Å². The minimum absolute atomic E-state index is 0.111. The van der Waals surface area contributed by atoms with Crippen molar-refractivity contribution in [2.24, 2.45) is 5.14 Å². The Kier molecular flexibility index (Phi) is 6.34. The van der Waals surface area contributed by atoms with Gasteiger partial charge < -0.3 is 10.1 Å². The summed E-state index contributed by atoms with van der Waals surface area (Å²) in [6.07, 6.45) is -0.332. The van der Waals surface area contributed by atoms with Gasteiger partial charge in [-0.2, -0.15) is 0 Å². The fourth-order valence-electron chi connectivity index (χ4n) is 2.26. The molecule has 1 amide bonds. The summed E-state index contributed by atoms with van der Waals surface area (Å²) in [6, 6.07) is 17.8. The molecule has 1 atom stereocenters. The molecule has 0 radical (unpaired) electrons. The molecule has 24 heavy (non-hydrogen) atoms. The van der Waals surface area contributed by atoms with Crippen molar-refractivity contribution >= 4 is 16.1 Å². The first kappa shape index (κ1) is 18.0. The van der Waals surface area contributed by atoms with Crippen LogP contribution in [-0.2, 0) is 27.8 Å². The number of primary sulfonamides is 1. The van der Waals surface area contributed by atoms with Crippen LogP contribution in [0.5, 0.6) is 0 Å². The Morgan fingerprint density at radius 3 is 2.08 bits per heavy atom. The van der Waals surface area contributed by atoms with E-state index >= 15 is 0 Å². The van der Waals surface area contributed by atoms with Gasteiger partial charge in [0.05, 0.1) is 11.8 Å². The van der Waals surface area contributed by atoms with Gasteiger partial charge in [-0.15, -0.1) is 0 Å². The third-order valence-electron chi connectivity index (χ3n) is 3.29. The van der Waals surface area contributed by atoms with E-state index in [2.05, 4.69) is 5.32 Å². The van der Waals surface area contributed by atoms with Gasteiger partial charge in [0.25, 0.3) is 0 Å². The Morgan fingerprint density at radius 1 is 1.00 bits per heavy atom. The van der Waals surface area contributed by atoms with Crippen molar-refractivity contribution < 1.29 is 17.9 Å². The zero-order chi connectivity index (χ0) is 17.4. The smallest absolute Gasteiger partial charge is 0.407 e. The predicted octanol–water partition coefficient (Wildman–Crippen LogP) is 1.81. The molecule has 0 bridgehead atoms. The van der Waals surface area contributed by atoms with Crippen LogP contribution < -0.4 is 10.5 Å². The average Bonchev–Trinajstić information content (AvgIpc) is 2.53. The SMILES string of the molecule is NS(=O)(=O)CC(Cc1ccccc1)NC(=O)OCc1ccccc1. The quantitative estimate of drug-likeness (QED) is 0.797. The fourth-order valence-corrected chi connectivity index (χ4v) is 3.02. The number of hydrogen-bond donors (Lipinski definition) is 2. The van der Waals surface area contributed by atoms with E-state index in [1.54, 1.807) is 0 Å². The van der Waals surface area contributed by atoms with E-state index in [1.807, 2.05) is 60.7 Å². The number of ether oxygens (including phenoxy) is 1. The Morgan fingerprint density at radius 2 is 1.54 bits per heavy atom. The average molecular weight is 348 g/mol. The molecular weight excluding hydrogens is 328 g/mol. The van der Waals surface area contributed by atoms with E-state index in [-0.39, 0.29) is 12.4 Å². The number of alkyl carbamates (subject to hydrolysis) is 1. The van der Waals surface area contributed by atoms with Crippen LogP contribution in [0.25, 0.3) is 0 Å². The molecule has 2 aromatic rings. The summed E-state index contributed by atoms with van der Waals surface area (Å²) in [6.45, 7) is 0.111. The summed E-state index contributed by atoms with van der Waals surface area (Å²) in [4.78, 5) is 11.9. The number of nitrogens with one attached hydrogen (secondary N) is 1. The van der Waals surface area contributed by atoms with Gasteiger partial charge in [0, 0.05) is 0 Å². The standard InChI is InChI=1S/C17H20N2O4S/c18-24(21,22)13-16(11-14-7-3-1-4-8-14)19-17(20)23-12-15-9-5-2-6-10-15/h1-10,16H,11-13H2,(H,19,20)(H2,18,21,22). The molecule has 0 aromatic heterocycles. The van der Waals surface area contributed by atoms with Gasteiger partial charge in [-0.05, 0) is 17.5 Å². The van der Waals surface area contributed by atoms with E-state index in [0.29, 0.717) is 6.42 Å². The number of sulfonamides is 1. The third kappa shape index (κ3) is 6.80. The first-order valence-corrected chi connectivity index (χ1v) is 9.15. The van der Waals surface area contributed by atoms with Crippen molar-refractivity contribution in [3.63, 3.8) is 0 Å². The predicted molar refractivity (Wildman–Crippen MR) is 91.7 cm³/mol. The topological polar surface area (TPSA) is 98.5 Å². The molecule has 3 N–H and O–H groups in total. The van der Waals surface area contributed by atoms with Crippen LogP contribution in [0.4, 0.5) is 4.79 Å². The minimum Gasteiger partial charge on any atom is -0.445 e. The van der Waals surface area contributed by atoms with Gasteiger partial charge >= 0.3 is 6.09 Å². The number of nitrogens with two attached hydrogens (primary N) is 1. The van der Waals surface area contributed by atoms with E-state index in [9.17, 15) is 13.2 Å². The zero-order valence-electron chi connectivity index (χ0n) is 13.1. The Labute approximate surface area is 141 Å². The molecule has 0 spiro atoms. The molecule has 1 unspecified atom stereocenters. The number of amides is 1. The Balaban J connectivity index is 1.95. The van der Waals surface area contributed by atoms with Crippen LogP contribution in [0.2, 0.25) is 0 Å². The number of hydrogen-bond acceptors (Lipinski definition) is 4. The normalized spacial score (nSPS) is 12.4. The molecule has 6 nitrogen and oxygen atoms in total. The minimum atomic E-state index is -3.73. The van der Waals surface area contributed by atoms with Crippen molar-refractivity contribution in [1.82, 2.24) is 5.32 Å². The second kappa shape index (κ2) is 8.47. The highest BCUT2D eigenvalue weighted by atomic mass is 32.2. The second-order valence-corrected chi connectivity index (χ2v) is 7.08. The molecule has 2 aromatic carbocycles. The summed E-state index contributed by atoms with van der Waals surface area (Å²) in [5, 5.41) is 7.68. The summed E-state index contributed by atoms with van der Waals surface area (Å²) in [5.74, 6) is -0.359. The van der Waals surface area contributed by atoms with Crippen LogP contribution in [0, 0.1) is 0 Å². The first-order chi connectivity index (χ1) is 11.4. The van der Waals surface area contributed by atoms with Gasteiger partial charge in [0.15, 0.2) is 0 Å². The number of rotatable bonds is 7. The molecule has 7 heteroatoms. The third-order valence-corrected chi connectivity index (χ3v) is 4.16. The van der Waals surface area contributed by atoms with E-state index in [0.717, 1.165) is 11.1 Å². The molecule has 0 saturated carbocycles. The van der Waals surface area contributed by atoms with Gasteiger partial charge in [0.1, 0.15) is 6.61 Å². The Bertz CT molecular complexity index is 749. The van der Waals surface area contributed by atoms with Crippen molar-refractivity contribution in [3.8, 4) is 0 Å². The summed E-state index contributed by atoms with van der Waals surface area (Å²) in [5.41, 5.74) is 1.74. The second-order valence-electron chi connectivity index (χ2n) is 5.42. The molecule has 2 rings (SSSR count). The maximum Gasteiger partial charge on any atom is 0.407 e. The van der Waals surface area contributed by atoms with E-state index < -0.39 is 22.2 Å². The lowest BCUT2D eigenvalue weighted by Crippen LogP contribution is -2.43. The van der Waals surface area contributed by atoms with Gasteiger partial charge in [0.2, 0.25) is 10.0 Å². The van der Waals surface area contributed by atoms with Crippen molar-refractivity contribution in [1.29, 1.82) is 0 Å². The molecule has 0 aliphatic rings. The Hall–Kier alpha value is -2.38. The molecule has 0 aliphatic carbocycles. The number of carbonyl (C=O) groups excluding carboxylic acids is 1. The van der Waals surface area contributed by atoms with Crippen LogP contribution in [0.15, 0.2) is 60.7 Å². The summed E-state index contributed by atoms with van der Waals surface area (Å²) >= 11 is 0. The molecule has 0 saturated heterocycles. The van der Waals surface area contributed by atoms with Crippen LogP contribution >= 0.6 is 0 Å². The van der Waals surface area contributed by atoms with E-state index in [4.69, 9.17) is 9.88 Å². The lowest BCUT2D eigenvalue weighted by atomic mass is 10.1. The zero-order valence-corrected chi connectivity index (χ0v) is 13.9. The lowest BCUT2D eigenvalue weighted by Gasteiger charge is -2.17. The number of carbonyl (C=O) groups is 1. The molecule has 0 aliphatic heterocycles. The van der Waals surface area contributed by atoms with Crippen molar-refractivity contribution in [3.05, 3.63) is 71.8 Å². The highest BCUT2D eigenvalue weighted by Gasteiger charge is 2.19. The highest BCUT2D eigenvalue weighted by Crippen LogP contribution is 2.06. The largest absolute Gasteiger partial charge is 0.445 e. The number of benzene rings is 2. The highest BCUT2D eigenvalue weighted by molar-refractivity contribution is 7.89. The maximum absolute atomic E-state index is 11.9. The molecular formula is C17H20N2O4S. The van der Waals surface area contributed by atoms with E-state index in [1.165, 1.54) is 0 Å². The monoisotopic (exact) mass is 348 g/mol. The summed E-state index contributed by atoms with van der Waals surface area (Å²) < 4.78 is 27.9. The molecule has 128 valence electrons. The first-order valence-electron chi connectivity index (χ1n) is 7.44. The summed E-state index contributed by atoms with van der Waals surface area (Å²) in [7, 11) is -3.73. The molecule has 0 heterocycles. The maximum atomic E-state index is 11.9.